The van der Waals surface area contributed by atoms with Gasteiger partial charge in [0.05, 0.1) is 0 Å². The first-order chi connectivity index (χ1) is 19.3. The van der Waals surface area contributed by atoms with Gasteiger partial charge in [-0.25, -0.2) is 0 Å². The molecule has 0 saturated heterocycles. The predicted octanol–water partition coefficient (Wildman–Crippen LogP) is 11.9. The van der Waals surface area contributed by atoms with Crippen LogP contribution in [0.3, 0.4) is 0 Å². The number of hydrogen-bond acceptors (Lipinski definition) is 3. The van der Waals surface area contributed by atoms with Gasteiger partial charge in [0.1, 0.15) is 0 Å². The van der Waals surface area contributed by atoms with E-state index >= 15 is 0 Å². The summed E-state index contributed by atoms with van der Waals surface area (Å²) < 4.78 is 12.6. The van der Waals surface area contributed by atoms with E-state index in [9.17, 15) is 0 Å². The number of unbranched alkanes of at least 4 members (excludes halogenated alkanes) is 9. The third kappa shape index (κ3) is 5.63. The zero-order chi connectivity index (χ0) is 26.2. The number of benzene rings is 2. The van der Waals surface area contributed by atoms with Crippen LogP contribution < -0.4 is 0 Å². The van der Waals surface area contributed by atoms with Gasteiger partial charge in [0.25, 0.3) is 0 Å². The molecule has 7 aromatic rings. The second kappa shape index (κ2) is 12.1. The molecule has 0 saturated carbocycles. The minimum absolute atomic E-state index is 0.175. The number of aryl methyl sites for hydroxylation is 1. The molecule has 0 spiro atoms. The van der Waals surface area contributed by atoms with Crippen molar-refractivity contribution in [3.63, 3.8) is 0 Å². The topological polar surface area (TPSA) is 0 Å². The van der Waals surface area contributed by atoms with E-state index in [-0.39, 0.29) is 20.4 Å². The Hall–Kier alpha value is -0.891. The zero-order valence-electron chi connectivity index (χ0n) is 22.5. The van der Waals surface area contributed by atoms with Crippen LogP contribution in [0, 0.1) is 0 Å². The van der Waals surface area contributed by atoms with Crippen LogP contribution in [0.2, 0.25) is 0 Å². The molecule has 5 aromatic heterocycles. The van der Waals surface area contributed by atoms with Crippen LogP contribution >= 0.6 is 34.0 Å². The van der Waals surface area contributed by atoms with Gasteiger partial charge < -0.3 is 0 Å². The van der Waals surface area contributed by atoms with Crippen LogP contribution in [-0.4, -0.2) is 34.9 Å². The summed E-state index contributed by atoms with van der Waals surface area (Å²) in [5, 5.41) is 8.17. The minimum atomic E-state index is -0.175. The van der Waals surface area contributed by atoms with Crippen LogP contribution in [0.4, 0.5) is 0 Å². The monoisotopic (exact) mass is 748 g/mol. The number of hydrogen-bond donors (Lipinski definition) is 0. The Morgan fingerprint density at radius 2 is 1.41 bits per heavy atom. The summed E-state index contributed by atoms with van der Waals surface area (Å²) in [5.74, 6) is 0. The summed E-state index contributed by atoms with van der Waals surface area (Å²) in [6, 6.07) is 19.6. The van der Waals surface area contributed by atoms with Crippen LogP contribution in [0.15, 0.2) is 53.9 Å². The molecular formula is C34H34S3SeTe. The van der Waals surface area contributed by atoms with Gasteiger partial charge in [0.15, 0.2) is 0 Å². The molecule has 0 bridgehead atoms. The molecule has 0 nitrogen and oxygen atoms in total. The van der Waals surface area contributed by atoms with Gasteiger partial charge in [-0.2, -0.15) is 0 Å². The van der Waals surface area contributed by atoms with Crippen molar-refractivity contribution >= 4 is 117 Å². The second-order valence-electron chi connectivity index (χ2n) is 10.9. The standard InChI is InChI=1S/C34H34S3SeTe/c1-2-3-4-5-6-7-8-9-10-11-13-24-16-23-18-26-29(21-32(23)39-24)37-33-25-17-22-19-31(27-14-12-15-35-27)38-30(22)20-28(25)36-34(26)33/h12,14-21H,2-11,13H2,1H3. The molecule has 0 unspecified atom stereocenters. The molecule has 0 radical (unpaired) electrons. The van der Waals surface area contributed by atoms with E-state index in [2.05, 4.69) is 60.8 Å². The van der Waals surface area contributed by atoms with Gasteiger partial charge in [0.2, 0.25) is 0 Å². The fraction of sp³-hybridized carbons (Fsp3) is 0.353. The van der Waals surface area contributed by atoms with Crippen molar-refractivity contribution in [1.29, 1.82) is 0 Å². The first-order valence-electron chi connectivity index (χ1n) is 14.6. The van der Waals surface area contributed by atoms with Gasteiger partial charge in [0, 0.05) is 0 Å². The summed E-state index contributed by atoms with van der Waals surface area (Å²) in [7, 11) is 0. The SMILES string of the molecule is CCCCCCCCCCCCc1cc2cc3c(cc2[te]1)sc1c2cc4cc(-c5cccs5)[se]c4cc2sc31. The molecule has 0 fully saturated rings. The molecule has 0 aliphatic carbocycles. The molecule has 7 rings (SSSR count). The van der Waals surface area contributed by atoms with E-state index < -0.39 is 0 Å². The molecule has 200 valence electrons. The fourth-order valence-electron chi connectivity index (χ4n) is 5.83. The van der Waals surface area contributed by atoms with Crippen LogP contribution in [0.5, 0.6) is 0 Å². The molecular weight excluding hydrogens is 711 g/mol. The van der Waals surface area contributed by atoms with E-state index in [1.54, 1.807) is 21.1 Å². The Balaban J connectivity index is 1.06. The summed E-state index contributed by atoms with van der Waals surface area (Å²) in [4.78, 5) is 1.44. The fourth-order valence-corrected chi connectivity index (χ4v) is 15.4. The molecule has 39 heavy (non-hydrogen) atoms. The van der Waals surface area contributed by atoms with Crippen LogP contribution in [0.1, 0.15) is 74.7 Å². The van der Waals surface area contributed by atoms with Gasteiger partial charge in [-0.3, -0.25) is 0 Å². The van der Waals surface area contributed by atoms with Gasteiger partial charge in [-0.05, 0) is 0 Å². The van der Waals surface area contributed by atoms with Crippen molar-refractivity contribution in [3.8, 4) is 9.31 Å². The number of fused-ring (bicyclic) bond motifs is 7. The molecule has 0 amide bonds. The van der Waals surface area contributed by atoms with Gasteiger partial charge in [-0.15, -0.1) is 0 Å². The molecule has 5 heterocycles. The normalized spacial score (nSPS) is 12.3. The maximum absolute atomic E-state index is 2.58. The Morgan fingerprint density at radius 1 is 0.718 bits per heavy atom. The van der Waals surface area contributed by atoms with Crippen LogP contribution in [0.25, 0.3) is 57.3 Å². The van der Waals surface area contributed by atoms with E-state index in [1.165, 1.54) is 110 Å². The average molecular weight is 745 g/mol. The Bertz CT molecular complexity index is 1860. The molecule has 0 aliphatic heterocycles. The summed E-state index contributed by atoms with van der Waals surface area (Å²) in [5.41, 5.74) is 0. The Labute approximate surface area is 259 Å². The average Bonchev–Trinajstić information content (AvgIpc) is 3.75. The molecule has 0 N–H and O–H groups in total. The molecule has 2 aromatic carbocycles. The first kappa shape index (κ1) is 27.0. The van der Waals surface area contributed by atoms with Crippen molar-refractivity contribution < 1.29 is 0 Å². The number of rotatable bonds is 12. The van der Waals surface area contributed by atoms with E-state index in [0.717, 1.165) is 0 Å². The number of thiophene rings is 3. The van der Waals surface area contributed by atoms with Crippen molar-refractivity contribution in [2.45, 2.75) is 77.6 Å². The van der Waals surface area contributed by atoms with Crippen molar-refractivity contribution in [1.82, 2.24) is 0 Å². The van der Waals surface area contributed by atoms with Gasteiger partial charge >= 0.3 is 254 Å². The summed E-state index contributed by atoms with van der Waals surface area (Å²) in [6.45, 7) is 2.30. The maximum atomic E-state index is 2.58. The van der Waals surface area contributed by atoms with E-state index in [0.29, 0.717) is 14.5 Å². The third-order valence-corrected chi connectivity index (χ3v) is 17.3. The Kier molecular flexibility index (Phi) is 8.40. The van der Waals surface area contributed by atoms with E-state index in [1.807, 2.05) is 34.0 Å². The quantitative estimate of drug-likeness (QED) is 0.0863. The molecule has 0 aliphatic rings. The van der Waals surface area contributed by atoms with E-state index in [4.69, 9.17) is 0 Å². The zero-order valence-corrected chi connectivity index (χ0v) is 29.0. The molecule has 5 heteroatoms. The third-order valence-electron chi connectivity index (χ3n) is 7.95. The van der Waals surface area contributed by atoms with Crippen molar-refractivity contribution in [2.75, 3.05) is 0 Å². The van der Waals surface area contributed by atoms with Gasteiger partial charge in [-0.1, -0.05) is 6.92 Å². The van der Waals surface area contributed by atoms with Crippen molar-refractivity contribution in [3.05, 3.63) is 57.5 Å². The second-order valence-corrected chi connectivity index (χ2v) is 19.5. The van der Waals surface area contributed by atoms with Crippen LogP contribution in [-0.2, 0) is 6.42 Å². The first-order valence-corrected chi connectivity index (χ1v) is 21.1. The Morgan fingerprint density at radius 3 is 2.13 bits per heavy atom. The summed E-state index contributed by atoms with van der Waals surface area (Å²) >= 11 is 6.19. The predicted molar refractivity (Wildman–Crippen MR) is 182 cm³/mol. The van der Waals surface area contributed by atoms with Crippen molar-refractivity contribution in [2.24, 2.45) is 0 Å². The molecule has 0 atom stereocenters. The summed E-state index contributed by atoms with van der Waals surface area (Å²) in [6.07, 6.45) is 15.6.